The first-order chi connectivity index (χ1) is 61.7. The number of nitrogens with zero attached hydrogens (tertiary/aromatic N) is 1. The highest BCUT2D eigenvalue weighted by Gasteiger charge is 2.39. The van der Waals surface area contributed by atoms with Crippen molar-refractivity contribution in [1.82, 2.24) is 4.98 Å². The lowest BCUT2D eigenvalue weighted by atomic mass is 10.2. The molecule has 1 aromatic heterocycles. The minimum atomic E-state index is -1.63. The van der Waals surface area contributed by atoms with Crippen LogP contribution in [-0.2, 0) is 760 Å². The number of pyridine rings is 1. The van der Waals surface area contributed by atoms with Gasteiger partial charge in [0.1, 0.15) is 5.03 Å². The number of thiol groups is 1. The molecule has 129 heavy (non-hydrogen) atoms. The number of unbranched alkanes of at least 4 members (excludes halogenated alkanes) is 2. The molecule has 1 aromatic rings. The van der Waals surface area contributed by atoms with Crippen LogP contribution in [0.4, 0.5) is 0 Å². The van der Waals surface area contributed by atoms with Gasteiger partial charge in [-0.2, -0.15) is 12.6 Å². The van der Waals surface area contributed by atoms with Gasteiger partial charge in [-0.15, -0.1) is 0 Å². The summed E-state index contributed by atoms with van der Waals surface area (Å²) in [6.07, 6.45) is 5.77. The number of hydrogen-bond acceptors (Lipinski definition) is 16. The maximum Gasteiger partial charge on any atom is 0.192 e. The Labute approximate surface area is 1040 Å². The molecule has 0 spiro atoms. The number of rotatable bonds is 18. The van der Waals surface area contributed by atoms with Crippen LogP contribution in [0.2, 0.25) is 36.3 Å². The summed E-state index contributed by atoms with van der Waals surface area (Å²) in [5.41, 5.74) is 0. The summed E-state index contributed by atoms with van der Waals surface area (Å²) in [5, 5.41) is 18.9. The van der Waals surface area contributed by atoms with E-state index in [9.17, 15) is 0 Å². The maximum absolute atomic E-state index is 8.74. The number of aliphatic hydroxyl groups is 2. The molecule has 0 aliphatic heterocycles. The highest BCUT2D eigenvalue weighted by Crippen LogP contribution is 2.41. The lowest BCUT2D eigenvalue weighted by Gasteiger charge is -2.38. The zero-order chi connectivity index (χ0) is 95.9. The maximum atomic E-state index is 8.74. The van der Waals surface area contributed by atoms with E-state index in [4.69, 9.17) is 63.8 Å². The lowest BCUT2D eigenvalue weighted by Crippen LogP contribution is -2.43. The minimum absolute atomic E-state index is 0. The molecule has 2 N–H and O–H groups in total. The van der Waals surface area contributed by atoms with Crippen molar-refractivity contribution in [2.24, 2.45) is 0 Å². The third-order valence-corrected chi connectivity index (χ3v) is 191. The van der Waals surface area contributed by atoms with E-state index in [1.807, 2.05) is 475 Å². The van der Waals surface area contributed by atoms with E-state index in [-0.39, 0.29) is 22.0 Å². The van der Waals surface area contributed by atoms with Gasteiger partial charge in [0.15, 0.2) is 16.6 Å². The SMILES string of the molecule is C.CC(C)(CO[Si](C)(C)C(C)(C)C)SSCCCCO.CC(C)(S)CO[Si](C)(C)C(C)(C)C.OCCCCSSc1ccccn1.S=S.S=S=S=S=S=S=S=S=S=S=S=S=S=S=S=S=S=S=S=S=S=S=S=S=S=S=S=S=S=S=S=S=S=S=S=S=S=S=S=S.S=S=S=S=S=S=S=S=S=S=S=S=S=S=S=S=S=S=S=S=S=S=S=S=S=S=S=S=S=S=S=S=S=S=S=S=S=S=S=S=S. The summed E-state index contributed by atoms with van der Waals surface area (Å²) in [7, 11) is 141. The fourth-order valence-corrected chi connectivity index (χ4v) is 211. The molecule has 0 fully saturated rings. The van der Waals surface area contributed by atoms with Crippen LogP contribution in [0.3, 0.4) is 0 Å². The molecule has 0 aliphatic rings. The Bertz CT molecular complexity index is 7200. The van der Waals surface area contributed by atoms with Crippen LogP contribution in [0, 0.1) is 0 Å². The molecule has 95 heteroatoms. The van der Waals surface area contributed by atoms with Crippen molar-refractivity contribution in [3.8, 4) is 0 Å². The summed E-state index contributed by atoms with van der Waals surface area (Å²) in [6.45, 7) is 33.6. The van der Waals surface area contributed by atoms with Crippen LogP contribution in [0.15, 0.2) is 29.4 Å². The molecule has 0 unspecified atom stereocenters. The Kier molecular flexibility index (Phi) is 159. The number of aromatic nitrogens is 1. The Hall–Kier alpha value is 19.4. The summed E-state index contributed by atoms with van der Waals surface area (Å²) < 4.78 is 12.5. The van der Waals surface area contributed by atoms with Gasteiger partial charge in [0.25, 0.3) is 0 Å². The average Bonchev–Trinajstić information content (AvgIpc) is 0.842. The molecular formula is C34H73NO4S88Si2. The molecule has 0 saturated carbocycles. The first-order valence-corrected chi connectivity index (χ1v) is 147. The monoisotopic (exact) mass is 3430 g/mol. The first-order valence-electron chi connectivity index (χ1n) is 29.5. The molecular weight excluding hydrogens is 3360 g/mol. The van der Waals surface area contributed by atoms with Crippen molar-refractivity contribution in [1.29, 1.82) is 0 Å². The fourth-order valence-electron chi connectivity index (χ4n) is 3.24. The molecule has 0 atom stereocenters. The second kappa shape index (κ2) is 129. The molecule has 774 valence electrons. The van der Waals surface area contributed by atoms with Gasteiger partial charge in [-0.3, -0.25) is 0 Å². The van der Waals surface area contributed by atoms with Gasteiger partial charge in [-0.25, -0.2) is 4.98 Å². The highest BCUT2D eigenvalue weighted by molar-refractivity contribution is 8.85. The zero-order valence-electron chi connectivity index (χ0n) is 65.0. The predicted molar refractivity (Wildman–Crippen MR) is 837 cm³/mol. The first kappa shape index (κ1) is 159. The van der Waals surface area contributed by atoms with Crippen LogP contribution in [0.1, 0.15) is 102 Å². The molecule has 1 rings (SSSR count). The van der Waals surface area contributed by atoms with Gasteiger partial charge < -0.3 is 19.1 Å². The predicted octanol–water partition coefficient (Wildman–Crippen LogP) is 11.7. The molecule has 0 amide bonds. The van der Waals surface area contributed by atoms with E-state index in [2.05, 4.69) is 135 Å². The second-order valence-corrected chi connectivity index (χ2v) is 173. The fraction of sp³-hybridized carbons (Fsp3) is 0.853. The van der Waals surface area contributed by atoms with Crippen molar-refractivity contribution in [3.63, 3.8) is 0 Å². The highest BCUT2D eigenvalue weighted by atomic mass is 33.5. The summed E-state index contributed by atoms with van der Waals surface area (Å²) in [5.74, 6) is 2.18. The van der Waals surface area contributed by atoms with E-state index >= 15 is 0 Å². The van der Waals surface area contributed by atoms with Crippen molar-refractivity contribution >= 4 is 823 Å². The topological polar surface area (TPSA) is 71.8 Å². The number of aliphatic hydroxyl groups excluding tert-OH is 2. The van der Waals surface area contributed by atoms with Gasteiger partial charge in [0.2, 0.25) is 0 Å². The Morgan fingerprint density at radius 1 is 0.295 bits per heavy atom. The molecule has 0 radical (unpaired) electrons. The Balaban J connectivity index is -0.000000394. The summed E-state index contributed by atoms with van der Waals surface area (Å²) in [4.78, 5) is 4.19. The van der Waals surface area contributed by atoms with E-state index in [1.54, 1.807) is 241 Å². The van der Waals surface area contributed by atoms with E-state index in [1.165, 1.54) is 35.5 Å². The van der Waals surface area contributed by atoms with Crippen LogP contribution in [0.5, 0.6) is 0 Å². The third kappa shape index (κ3) is 140. The smallest absolute Gasteiger partial charge is 0.192 e. The van der Waals surface area contributed by atoms with Gasteiger partial charge >= 0.3 is 0 Å². The summed E-state index contributed by atoms with van der Waals surface area (Å²) >= 11 is 31.0. The Morgan fingerprint density at radius 2 is 0.481 bits per heavy atom. The molecule has 0 aliphatic carbocycles. The van der Waals surface area contributed by atoms with Crippen LogP contribution >= 0.6 is 55.8 Å². The lowest BCUT2D eigenvalue weighted by molar-refractivity contribution is 0.262. The van der Waals surface area contributed by atoms with Crippen molar-refractivity contribution in [3.05, 3.63) is 24.4 Å². The quantitative estimate of drug-likeness (QED) is 0.0565. The van der Waals surface area contributed by atoms with E-state index < -0.39 is 16.6 Å². The number of hydrogen-bond donors (Lipinski definition) is 3. The molecule has 0 aromatic carbocycles. The van der Waals surface area contributed by atoms with Crippen molar-refractivity contribution < 1.29 is 19.1 Å². The molecule has 0 bridgehead atoms. The van der Waals surface area contributed by atoms with E-state index in [0.29, 0.717) is 18.3 Å². The Morgan fingerprint density at radius 3 is 0.643 bits per heavy atom. The second-order valence-electron chi connectivity index (χ2n) is 20.7. The van der Waals surface area contributed by atoms with Crippen LogP contribution < -0.4 is 0 Å². The average molecular weight is 3440 g/mol. The largest absolute Gasteiger partial charge is 0.415 e. The van der Waals surface area contributed by atoms with Gasteiger partial charge in [-0.1, -0.05) is 87.4 Å². The third-order valence-electron chi connectivity index (χ3n) is 9.60. The molecule has 1 heterocycles. The standard InChI is InChI=1S/C14H32O2S2Si.C10H24OSSi.C9H13NOS2.CH4.S41.S40.S2/c1-13(2,3)19(6,7)16-12-14(4,5)18-17-11-9-8-10-15;1-9(2,3)13(6,7)11-8-10(4,5)12;11-7-3-4-8-12-13-9-5-1-2-6-10-9;;1-3-5-7-9-11-13-15-17-19-21-23-25-27-29-31-33-35-37-39-41-40-38-36-34-32-30-28-26-24-22-20-18-16-14-12-10-8-6-4-2;1-3-5-7-9-11-13-15-17-19-21-23-25-27-29-31-33-35-37-39-40-38-36-34-32-30-28-26-24-22-20-18-16-14-12-10-8-6-4-2;1-2/h15H,8-12H2,1-7H3;12H,8H2,1-7H3;1-2,5-6,11H,3-4,7-8H2;1H4;;;. The normalized spacial score (nSPS) is 9.43. The van der Waals surface area contributed by atoms with Gasteiger partial charge in [-0.05, 0) is 113 Å². The van der Waals surface area contributed by atoms with Crippen LogP contribution in [-0.4, -0.2) is 79.3 Å². The summed E-state index contributed by atoms with van der Waals surface area (Å²) in [6, 6.07) is 5.91. The van der Waals surface area contributed by atoms with Gasteiger partial charge in [0, 0.05) is 805 Å². The van der Waals surface area contributed by atoms with E-state index in [0.717, 1.165) is 55.4 Å². The minimum Gasteiger partial charge on any atom is -0.415 e. The molecule has 5 nitrogen and oxygen atoms in total. The van der Waals surface area contributed by atoms with Gasteiger partial charge in [0.05, 0.1) is 0 Å². The zero-order valence-corrected chi connectivity index (χ0v) is 139. The van der Waals surface area contributed by atoms with Crippen molar-refractivity contribution in [2.75, 3.05) is 37.9 Å². The van der Waals surface area contributed by atoms with Crippen molar-refractivity contribution in [2.45, 2.75) is 153 Å². The van der Waals surface area contributed by atoms with Crippen LogP contribution in [0.25, 0.3) is 0 Å². The molecule has 0 saturated heterocycles.